The SMILES string of the molecule is C/C=C/CC/C=C/CC/C=C/C(O)C(COC1OC(CO)C(O)C(O)C1O)NC(=O)CCCCCCCCCCCCCCCCC/C=C\C/C=C\CCCCCCCCCCCOC(=O)CCCCCCCCCCCCCCCCCCCC. The van der Waals surface area contributed by atoms with Crippen LogP contribution >= 0.6 is 0 Å². The highest BCUT2D eigenvalue weighted by molar-refractivity contribution is 5.76. The van der Waals surface area contributed by atoms with Gasteiger partial charge in [0.1, 0.15) is 24.4 Å². The molecule has 6 N–H and O–H groups in total. The number of allylic oxidation sites excluding steroid dienone is 9. The number of hydrogen-bond acceptors (Lipinski definition) is 10. The third-order valence-corrected chi connectivity index (χ3v) is 17.2. The molecule has 502 valence electrons. The maximum atomic E-state index is 13.0. The second-order valence-electron chi connectivity index (χ2n) is 25.3. The molecule has 0 aromatic carbocycles. The first-order valence-electron chi connectivity index (χ1n) is 36.5. The topological polar surface area (TPSA) is 175 Å². The van der Waals surface area contributed by atoms with E-state index in [0.717, 1.165) is 70.6 Å². The van der Waals surface area contributed by atoms with Crippen LogP contribution in [-0.4, -0.2) is 100 Å². The third kappa shape index (κ3) is 52.2. The standard InChI is InChI=1S/C75H137NO10/c1-3-5-7-9-11-13-14-15-16-17-34-37-40-43-47-51-55-59-63-71(80)84-64-60-56-52-48-44-41-38-35-32-30-28-26-24-22-20-18-19-21-23-25-27-29-31-33-36-39-42-46-50-54-58-62-70(79)76-67(68(78)61-57-53-49-45-12-10-8-6-4-2)66-85-75-74(83)73(82)72(81)69(65-77)86-75/h4,6,12,20,22,26,28,45,57,61,67-69,72-75,77-78,81-83H,3,5,7-11,13-19,21,23-25,27,29-44,46-56,58-60,62-66H2,1-2H3,(H,76,79)/b6-4+,22-20-,28-26-,45-12+,61-57+. The molecule has 1 amide bonds. The van der Waals surface area contributed by atoms with Gasteiger partial charge in [-0.15, -0.1) is 0 Å². The number of carbonyl (C=O) groups is 2. The van der Waals surface area contributed by atoms with Crippen LogP contribution in [0.15, 0.2) is 60.8 Å². The minimum Gasteiger partial charge on any atom is -0.466 e. The molecule has 0 aromatic rings. The monoisotopic (exact) mass is 1210 g/mol. The Morgan fingerprint density at radius 1 is 0.453 bits per heavy atom. The quantitative estimate of drug-likeness (QED) is 0.0195. The summed E-state index contributed by atoms with van der Waals surface area (Å²) in [6, 6.07) is -0.834. The number of carbonyl (C=O) groups excluding carboxylic acids is 2. The number of esters is 1. The molecule has 11 heteroatoms. The summed E-state index contributed by atoms with van der Waals surface area (Å²) in [5.74, 6) is -0.189. The van der Waals surface area contributed by atoms with Gasteiger partial charge in [0.05, 0.1) is 32.0 Å². The molecule has 1 rings (SSSR count). The minimum absolute atomic E-state index is 0.00917. The Morgan fingerprint density at radius 3 is 1.28 bits per heavy atom. The highest BCUT2D eigenvalue weighted by atomic mass is 16.7. The molecular weight excluding hydrogens is 1070 g/mol. The van der Waals surface area contributed by atoms with Crippen LogP contribution in [0, 0.1) is 0 Å². The van der Waals surface area contributed by atoms with Gasteiger partial charge < -0.3 is 45.1 Å². The third-order valence-electron chi connectivity index (χ3n) is 17.2. The van der Waals surface area contributed by atoms with Crippen LogP contribution in [-0.2, 0) is 23.8 Å². The van der Waals surface area contributed by atoms with Crippen molar-refractivity contribution in [3.8, 4) is 0 Å². The molecule has 0 spiro atoms. The van der Waals surface area contributed by atoms with Crippen LogP contribution in [0.4, 0.5) is 0 Å². The first-order valence-corrected chi connectivity index (χ1v) is 36.5. The van der Waals surface area contributed by atoms with Crippen molar-refractivity contribution >= 4 is 11.9 Å². The van der Waals surface area contributed by atoms with Crippen LogP contribution in [0.25, 0.3) is 0 Å². The van der Waals surface area contributed by atoms with Gasteiger partial charge in [0, 0.05) is 12.8 Å². The lowest BCUT2D eigenvalue weighted by Crippen LogP contribution is -2.60. The summed E-state index contributed by atoms with van der Waals surface area (Å²) in [5, 5.41) is 54.2. The zero-order chi connectivity index (χ0) is 62.3. The molecular formula is C75H137NO10. The molecule has 1 saturated heterocycles. The van der Waals surface area contributed by atoms with E-state index in [1.54, 1.807) is 6.08 Å². The van der Waals surface area contributed by atoms with Crippen molar-refractivity contribution in [1.29, 1.82) is 0 Å². The molecule has 1 fully saturated rings. The summed E-state index contributed by atoms with van der Waals surface area (Å²) in [6.07, 6.45) is 75.5. The van der Waals surface area contributed by atoms with Crippen molar-refractivity contribution in [3.05, 3.63) is 60.8 Å². The van der Waals surface area contributed by atoms with Crippen LogP contribution in [0.3, 0.4) is 0 Å². The first-order chi connectivity index (χ1) is 42.2. The van der Waals surface area contributed by atoms with E-state index in [0.29, 0.717) is 19.4 Å². The van der Waals surface area contributed by atoms with E-state index in [9.17, 15) is 35.1 Å². The van der Waals surface area contributed by atoms with Gasteiger partial charge in [0.2, 0.25) is 5.91 Å². The molecule has 86 heavy (non-hydrogen) atoms. The van der Waals surface area contributed by atoms with Crippen molar-refractivity contribution in [3.63, 3.8) is 0 Å². The second kappa shape index (κ2) is 63.9. The van der Waals surface area contributed by atoms with E-state index in [4.69, 9.17) is 14.2 Å². The fraction of sp³-hybridized carbons (Fsp3) is 0.840. The molecule has 11 nitrogen and oxygen atoms in total. The van der Waals surface area contributed by atoms with Crippen LogP contribution in [0.5, 0.6) is 0 Å². The minimum atomic E-state index is -1.58. The van der Waals surface area contributed by atoms with Gasteiger partial charge in [-0.05, 0) is 84.0 Å². The molecule has 0 aromatic heterocycles. The van der Waals surface area contributed by atoms with E-state index in [-0.39, 0.29) is 18.5 Å². The number of nitrogens with one attached hydrogen (secondary N) is 1. The second-order valence-corrected chi connectivity index (χ2v) is 25.3. The van der Waals surface area contributed by atoms with E-state index in [1.807, 2.05) is 19.1 Å². The molecule has 7 atom stereocenters. The first kappa shape index (κ1) is 81.4. The van der Waals surface area contributed by atoms with Crippen molar-refractivity contribution in [2.45, 2.75) is 384 Å². The fourth-order valence-electron chi connectivity index (χ4n) is 11.4. The van der Waals surface area contributed by atoms with E-state index < -0.39 is 49.5 Å². The predicted octanol–water partition coefficient (Wildman–Crippen LogP) is 18.9. The van der Waals surface area contributed by atoms with Crippen LogP contribution in [0.2, 0.25) is 0 Å². The number of rotatable bonds is 64. The number of hydrogen-bond donors (Lipinski definition) is 6. The Bertz CT molecular complexity index is 1610. The highest BCUT2D eigenvalue weighted by Gasteiger charge is 2.44. The van der Waals surface area contributed by atoms with Gasteiger partial charge in [0.25, 0.3) is 0 Å². The average molecular weight is 1210 g/mol. The van der Waals surface area contributed by atoms with Gasteiger partial charge in [-0.3, -0.25) is 9.59 Å². The van der Waals surface area contributed by atoms with Crippen molar-refractivity contribution < 1.29 is 49.3 Å². The van der Waals surface area contributed by atoms with Gasteiger partial charge in [0.15, 0.2) is 6.29 Å². The van der Waals surface area contributed by atoms with Gasteiger partial charge in [-0.2, -0.15) is 0 Å². The molecule has 0 aliphatic carbocycles. The lowest BCUT2D eigenvalue weighted by Gasteiger charge is -2.40. The van der Waals surface area contributed by atoms with Gasteiger partial charge >= 0.3 is 5.97 Å². The zero-order valence-corrected chi connectivity index (χ0v) is 55.8. The average Bonchev–Trinajstić information content (AvgIpc) is 3.20. The molecule has 0 radical (unpaired) electrons. The maximum absolute atomic E-state index is 13.0. The molecule has 0 bridgehead atoms. The van der Waals surface area contributed by atoms with Crippen LogP contribution < -0.4 is 5.32 Å². The molecule has 1 aliphatic heterocycles. The van der Waals surface area contributed by atoms with Gasteiger partial charge in [-0.25, -0.2) is 0 Å². The fourth-order valence-corrected chi connectivity index (χ4v) is 11.4. The lowest BCUT2D eigenvalue weighted by molar-refractivity contribution is -0.302. The van der Waals surface area contributed by atoms with E-state index in [1.165, 1.54) is 244 Å². The highest BCUT2D eigenvalue weighted by Crippen LogP contribution is 2.23. The number of amides is 1. The van der Waals surface area contributed by atoms with Gasteiger partial charge in [-0.1, -0.05) is 305 Å². The number of aliphatic hydroxyl groups excluding tert-OH is 5. The molecule has 1 heterocycles. The Kier molecular flexibility index (Phi) is 60.5. The Morgan fingerprint density at radius 2 is 0.837 bits per heavy atom. The summed E-state index contributed by atoms with van der Waals surface area (Å²) in [7, 11) is 0. The normalized spacial score (nSPS) is 18.2. The molecule has 1 aliphatic rings. The Hall–Kier alpha value is -2.64. The summed E-state index contributed by atoms with van der Waals surface area (Å²) < 4.78 is 16.7. The summed E-state index contributed by atoms with van der Waals surface area (Å²) >= 11 is 0. The lowest BCUT2D eigenvalue weighted by atomic mass is 9.99. The van der Waals surface area contributed by atoms with E-state index in [2.05, 4.69) is 54.8 Å². The van der Waals surface area contributed by atoms with Crippen molar-refractivity contribution in [1.82, 2.24) is 5.32 Å². The number of unbranched alkanes of at least 4 members (excludes halogenated alkanes) is 43. The number of aliphatic hydroxyl groups is 5. The Balaban J connectivity index is 1.90. The van der Waals surface area contributed by atoms with Crippen LogP contribution in [0.1, 0.15) is 341 Å². The smallest absolute Gasteiger partial charge is 0.305 e. The largest absolute Gasteiger partial charge is 0.466 e. The van der Waals surface area contributed by atoms with Crippen molar-refractivity contribution in [2.75, 3.05) is 19.8 Å². The van der Waals surface area contributed by atoms with E-state index >= 15 is 0 Å². The molecule has 7 unspecified atom stereocenters. The summed E-state index contributed by atoms with van der Waals surface area (Å²) in [6.45, 7) is 4.12. The summed E-state index contributed by atoms with van der Waals surface area (Å²) in [5.41, 5.74) is 0. The van der Waals surface area contributed by atoms with Crippen molar-refractivity contribution in [2.24, 2.45) is 0 Å². The Labute approximate surface area is 528 Å². The maximum Gasteiger partial charge on any atom is 0.305 e. The molecule has 0 saturated carbocycles. The zero-order valence-electron chi connectivity index (χ0n) is 55.8. The summed E-state index contributed by atoms with van der Waals surface area (Å²) in [4.78, 5) is 25.1. The number of ether oxygens (including phenoxy) is 3. The predicted molar refractivity (Wildman–Crippen MR) is 361 cm³/mol.